The van der Waals surface area contributed by atoms with Gasteiger partial charge in [-0.1, -0.05) is 28.1 Å². The third-order valence-electron chi connectivity index (χ3n) is 3.55. The molecule has 1 atom stereocenters. The second kappa shape index (κ2) is 9.23. The van der Waals surface area contributed by atoms with Gasteiger partial charge in [-0.25, -0.2) is 8.42 Å². The molecule has 0 aromatic heterocycles. The zero-order chi connectivity index (χ0) is 20.0. The van der Waals surface area contributed by atoms with Gasteiger partial charge in [-0.2, -0.15) is 0 Å². The minimum atomic E-state index is -3.82. The summed E-state index contributed by atoms with van der Waals surface area (Å²) in [4.78, 5) is 12.1. The molecular weight excluding hydrogens is 432 g/mol. The molecule has 2 aromatic rings. The molecular formula is C19H23BrN2O4S. The smallest absolute Gasteiger partial charge is 0.241 e. The van der Waals surface area contributed by atoms with E-state index in [1.165, 1.54) is 0 Å². The lowest BCUT2D eigenvalue weighted by Gasteiger charge is -2.15. The first-order chi connectivity index (χ1) is 12.6. The van der Waals surface area contributed by atoms with Gasteiger partial charge >= 0.3 is 0 Å². The second-order valence-electron chi connectivity index (χ2n) is 6.40. The lowest BCUT2D eigenvalue weighted by Crippen LogP contribution is -2.34. The molecule has 6 nitrogen and oxygen atoms in total. The number of halogens is 1. The van der Waals surface area contributed by atoms with Crippen LogP contribution in [-0.2, 0) is 14.8 Å². The number of rotatable bonds is 8. The van der Waals surface area contributed by atoms with Gasteiger partial charge in [0.1, 0.15) is 11.5 Å². The highest BCUT2D eigenvalue weighted by Crippen LogP contribution is 2.19. The van der Waals surface area contributed by atoms with Crippen molar-refractivity contribution >= 4 is 37.5 Å². The molecule has 0 aliphatic carbocycles. The number of hydrogen-bond donors (Lipinski definition) is 2. The second-order valence-corrected chi connectivity index (χ2v) is 9.03. The average molecular weight is 455 g/mol. The van der Waals surface area contributed by atoms with E-state index in [0.717, 1.165) is 10.0 Å². The van der Waals surface area contributed by atoms with Gasteiger partial charge in [0.25, 0.3) is 0 Å². The number of sulfonamides is 1. The van der Waals surface area contributed by atoms with Crippen LogP contribution in [0, 0.1) is 0 Å². The van der Waals surface area contributed by atoms with Crippen LogP contribution >= 0.6 is 15.9 Å². The van der Waals surface area contributed by atoms with Gasteiger partial charge < -0.3 is 10.1 Å². The van der Waals surface area contributed by atoms with Crippen molar-refractivity contribution in [2.24, 2.45) is 0 Å². The molecule has 0 spiro atoms. The minimum Gasteiger partial charge on any atom is -0.491 e. The molecule has 0 heterocycles. The molecule has 146 valence electrons. The summed E-state index contributed by atoms with van der Waals surface area (Å²) in [6.45, 7) is 5.61. The molecule has 1 unspecified atom stereocenters. The molecule has 2 N–H and O–H groups in total. The first-order valence-corrected chi connectivity index (χ1v) is 10.9. The SMILES string of the molecule is CC(C)Oc1ccc(NS(=O)(=O)CC(=O)NC(C)c2cccc(Br)c2)cc1. The Morgan fingerprint density at radius 1 is 1.11 bits per heavy atom. The maximum absolute atomic E-state index is 12.2. The first-order valence-electron chi connectivity index (χ1n) is 8.46. The van der Waals surface area contributed by atoms with Crippen molar-refractivity contribution in [3.8, 4) is 5.75 Å². The zero-order valence-electron chi connectivity index (χ0n) is 15.4. The number of carbonyl (C=O) groups excluding carboxylic acids is 1. The van der Waals surface area contributed by atoms with Crippen LogP contribution in [0.4, 0.5) is 5.69 Å². The Morgan fingerprint density at radius 3 is 2.37 bits per heavy atom. The predicted molar refractivity (Wildman–Crippen MR) is 110 cm³/mol. The van der Waals surface area contributed by atoms with Gasteiger partial charge in [0, 0.05) is 10.2 Å². The van der Waals surface area contributed by atoms with Crippen molar-refractivity contribution in [3.05, 3.63) is 58.6 Å². The van der Waals surface area contributed by atoms with Gasteiger partial charge in [0.15, 0.2) is 0 Å². The standard InChI is InChI=1S/C19H23BrN2O4S/c1-13(2)26-18-9-7-17(8-10-18)22-27(24,25)12-19(23)21-14(3)15-5-4-6-16(20)11-15/h4-11,13-14,22H,12H2,1-3H3,(H,21,23). The average Bonchev–Trinajstić information content (AvgIpc) is 2.55. The number of carbonyl (C=O) groups is 1. The lowest BCUT2D eigenvalue weighted by atomic mass is 10.1. The van der Waals surface area contributed by atoms with Crippen molar-refractivity contribution in [2.45, 2.75) is 32.9 Å². The number of hydrogen-bond acceptors (Lipinski definition) is 4. The quantitative estimate of drug-likeness (QED) is 0.633. The van der Waals surface area contributed by atoms with E-state index in [9.17, 15) is 13.2 Å². The summed E-state index contributed by atoms with van der Waals surface area (Å²) >= 11 is 3.37. The van der Waals surface area contributed by atoms with E-state index in [1.54, 1.807) is 31.2 Å². The Labute approximate surface area is 168 Å². The Bertz CT molecular complexity index is 883. The van der Waals surface area contributed by atoms with E-state index in [4.69, 9.17) is 4.74 Å². The van der Waals surface area contributed by atoms with Crippen molar-refractivity contribution in [3.63, 3.8) is 0 Å². The highest BCUT2D eigenvalue weighted by Gasteiger charge is 2.19. The normalized spacial score (nSPS) is 12.5. The summed E-state index contributed by atoms with van der Waals surface area (Å²) < 4.78 is 33.3. The van der Waals surface area contributed by atoms with Crippen LogP contribution < -0.4 is 14.8 Å². The highest BCUT2D eigenvalue weighted by atomic mass is 79.9. The van der Waals surface area contributed by atoms with E-state index in [-0.39, 0.29) is 12.1 Å². The molecule has 0 fully saturated rings. The van der Waals surface area contributed by atoms with Crippen molar-refractivity contribution in [1.82, 2.24) is 5.32 Å². The molecule has 1 amide bonds. The van der Waals surface area contributed by atoms with Crippen LogP contribution in [0.2, 0.25) is 0 Å². The fraction of sp³-hybridized carbons (Fsp3) is 0.316. The number of nitrogens with one attached hydrogen (secondary N) is 2. The Balaban J connectivity index is 1.93. The Hall–Kier alpha value is -2.06. The van der Waals surface area contributed by atoms with Crippen molar-refractivity contribution in [1.29, 1.82) is 0 Å². The molecule has 0 radical (unpaired) electrons. The van der Waals surface area contributed by atoms with Gasteiger partial charge in [-0.05, 0) is 62.7 Å². The summed E-state index contributed by atoms with van der Waals surface area (Å²) in [6, 6.07) is 13.7. The monoisotopic (exact) mass is 454 g/mol. The van der Waals surface area contributed by atoms with Gasteiger partial charge in [-0.3, -0.25) is 9.52 Å². The summed E-state index contributed by atoms with van der Waals surface area (Å²) in [5.74, 6) is -0.585. The summed E-state index contributed by atoms with van der Waals surface area (Å²) in [7, 11) is -3.82. The van der Waals surface area contributed by atoms with Gasteiger partial charge in [0.2, 0.25) is 15.9 Å². The molecule has 0 aliphatic heterocycles. The number of ether oxygens (including phenoxy) is 1. The van der Waals surface area contributed by atoms with E-state index in [2.05, 4.69) is 26.0 Å². The van der Waals surface area contributed by atoms with Crippen molar-refractivity contribution in [2.75, 3.05) is 10.5 Å². The first kappa shape index (κ1) is 21.2. The summed E-state index contributed by atoms with van der Waals surface area (Å²) in [5, 5.41) is 2.70. The van der Waals surface area contributed by atoms with Crippen LogP contribution in [0.3, 0.4) is 0 Å². The van der Waals surface area contributed by atoms with Crippen LogP contribution in [-0.4, -0.2) is 26.2 Å². The Morgan fingerprint density at radius 2 is 1.78 bits per heavy atom. The van der Waals surface area contributed by atoms with Crippen LogP contribution in [0.15, 0.2) is 53.0 Å². The number of anilines is 1. The zero-order valence-corrected chi connectivity index (χ0v) is 17.8. The number of benzene rings is 2. The van der Waals surface area contributed by atoms with Crippen LogP contribution in [0.25, 0.3) is 0 Å². The summed E-state index contributed by atoms with van der Waals surface area (Å²) in [6.07, 6.45) is 0.0310. The van der Waals surface area contributed by atoms with Crippen molar-refractivity contribution < 1.29 is 17.9 Å². The maximum atomic E-state index is 12.2. The van der Waals surface area contributed by atoms with Crippen LogP contribution in [0.1, 0.15) is 32.4 Å². The van der Waals surface area contributed by atoms with Gasteiger partial charge in [-0.15, -0.1) is 0 Å². The molecule has 0 saturated carbocycles. The third kappa shape index (κ3) is 7.22. The molecule has 0 saturated heterocycles. The molecule has 2 aromatic carbocycles. The minimum absolute atomic E-state index is 0.0310. The maximum Gasteiger partial charge on any atom is 0.241 e. The molecule has 0 bridgehead atoms. The fourth-order valence-corrected chi connectivity index (χ4v) is 3.82. The Kier molecular flexibility index (Phi) is 7.26. The predicted octanol–water partition coefficient (Wildman–Crippen LogP) is 3.86. The van der Waals surface area contributed by atoms with Gasteiger partial charge in [0.05, 0.1) is 12.1 Å². The van der Waals surface area contributed by atoms with E-state index in [0.29, 0.717) is 11.4 Å². The highest BCUT2D eigenvalue weighted by molar-refractivity contribution is 9.10. The largest absolute Gasteiger partial charge is 0.491 e. The van der Waals surface area contributed by atoms with E-state index >= 15 is 0 Å². The third-order valence-corrected chi connectivity index (χ3v) is 5.23. The van der Waals surface area contributed by atoms with Crippen LogP contribution in [0.5, 0.6) is 5.75 Å². The number of amides is 1. The van der Waals surface area contributed by atoms with E-state index < -0.39 is 21.7 Å². The van der Waals surface area contributed by atoms with E-state index in [1.807, 2.05) is 38.1 Å². The topological polar surface area (TPSA) is 84.5 Å². The lowest BCUT2D eigenvalue weighted by molar-refractivity contribution is -0.119. The summed E-state index contributed by atoms with van der Waals surface area (Å²) in [5.41, 5.74) is 1.25. The fourth-order valence-electron chi connectivity index (χ4n) is 2.40. The molecule has 0 aliphatic rings. The molecule has 27 heavy (non-hydrogen) atoms. The molecule has 8 heteroatoms. The molecule has 2 rings (SSSR count).